The molecule has 45 heavy (non-hydrogen) atoms. The van der Waals surface area contributed by atoms with E-state index in [1.54, 1.807) is 41.3 Å². The van der Waals surface area contributed by atoms with Crippen LogP contribution in [0.2, 0.25) is 0 Å². The highest BCUT2D eigenvalue weighted by molar-refractivity contribution is 6.21. The Morgan fingerprint density at radius 3 is 2.33 bits per heavy atom. The quantitative estimate of drug-likeness (QED) is 0.139. The Morgan fingerprint density at radius 1 is 1.11 bits per heavy atom. The maximum absolute atomic E-state index is 12.6. The lowest BCUT2D eigenvalue weighted by Gasteiger charge is -2.31. The fraction of sp³-hybridized carbons (Fsp3) is 0.375. The number of nitro benzene ring substituents is 1. The van der Waals surface area contributed by atoms with Crippen molar-refractivity contribution in [2.45, 2.75) is 39.2 Å². The third-order valence-electron chi connectivity index (χ3n) is 7.04. The van der Waals surface area contributed by atoms with Crippen molar-refractivity contribution in [2.75, 3.05) is 38.1 Å². The highest BCUT2D eigenvalue weighted by atomic mass is 16.6. The summed E-state index contributed by atoms with van der Waals surface area (Å²) in [6, 6.07) is 8.93. The monoisotopic (exact) mass is 617 g/mol. The van der Waals surface area contributed by atoms with E-state index in [1.165, 1.54) is 6.07 Å². The van der Waals surface area contributed by atoms with Gasteiger partial charge in [-0.3, -0.25) is 29.4 Å². The highest BCUT2D eigenvalue weighted by Crippen LogP contribution is 2.36. The van der Waals surface area contributed by atoms with Gasteiger partial charge in [-0.15, -0.1) is 0 Å². The van der Waals surface area contributed by atoms with Crippen molar-refractivity contribution >= 4 is 35.2 Å². The molecule has 2 heterocycles. The largest absolute Gasteiger partial charge is 0.478 e. The molecule has 2 aliphatic rings. The van der Waals surface area contributed by atoms with E-state index < -0.39 is 33.9 Å². The van der Waals surface area contributed by atoms with Crippen molar-refractivity contribution in [3.8, 4) is 17.6 Å². The normalized spacial score (nSPS) is 15.0. The van der Waals surface area contributed by atoms with Crippen LogP contribution in [0.3, 0.4) is 0 Å². The molecule has 4 rings (SSSR count). The molecule has 3 N–H and O–H groups in total. The van der Waals surface area contributed by atoms with E-state index in [1.807, 2.05) is 20.8 Å². The number of rotatable bonds is 9. The molecule has 0 bridgehead atoms. The first kappa shape index (κ1) is 32.5. The molecule has 4 amide bonds. The van der Waals surface area contributed by atoms with Gasteiger partial charge >= 0.3 is 6.09 Å². The number of primary amides is 1. The number of benzene rings is 2. The summed E-state index contributed by atoms with van der Waals surface area (Å²) in [6.07, 6.45) is 4.18. The molecule has 0 saturated carbocycles. The third kappa shape index (κ3) is 8.17. The molecule has 0 spiro atoms. The van der Waals surface area contributed by atoms with E-state index in [9.17, 15) is 29.3 Å². The van der Waals surface area contributed by atoms with Crippen LogP contribution < -0.4 is 15.8 Å². The molecule has 236 valence electrons. The lowest BCUT2D eigenvalue weighted by atomic mass is 9.98. The Morgan fingerprint density at radius 2 is 1.76 bits per heavy atom. The minimum absolute atomic E-state index is 0.0146. The second-order valence-electron chi connectivity index (χ2n) is 11.5. The number of nitro groups is 1. The zero-order valence-corrected chi connectivity index (χ0v) is 25.3. The first-order valence-electron chi connectivity index (χ1n) is 14.4. The second kappa shape index (κ2) is 13.9. The van der Waals surface area contributed by atoms with E-state index in [0.29, 0.717) is 37.1 Å². The molecule has 0 unspecified atom stereocenters. The first-order chi connectivity index (χ1) is 21.4. The van der Waals surface area contributed by atoms with Gasteiger partial charge in [-0.05, 0) is 51.8 Å². The van der Waals surface area contributed by atoms with Gasteiger partial charge in [0.1, 0.15) is 12.2 Å². The smallest absolute Gasteiger partial charge is 0.410 e. The summed E-state index contributed by atoms with van der Waals surface area (Å²) >= 11 is 0. The molecule has 0 radical (unpaired) electrons. The third-order valence-corrected chi connectivity index (χ3v) is 7.04. The Labute approximate surface area is 260 Å². The van der Waals surface area contributed by atoms with E-state index >= 15 is 0 Å². The number of piperidine rings is 1. The fourth-order valence-electron chi connectivity index (χ4n) is 4.84. The summed E-state index contributed by atoms with van der Waals surface area (Å²) in [5.74, 6) is 4.45. The van der Waals surface area contributed by atoms with Crippen LogP contribution in [-0.4, -0.2) is 76.9 Å². The Bertz CT molecular complexity index is 1560. The second-order valence-corrected chi connectivity index (χ2v) is 11.5. The minimum Gasteiger partial charge on any atom is -0.478 e. The number of hydrogen-bond acceptors (Lipinski definition) is 9. The van der Waals surface area contributed by atoms with Crippen LogP contribution in [0.4, 0.5) is 16.2 Å². The summed E-state index contributed by atoms with van der Waals surface area (Å²) in [6.45, 7) is 6.45. The van der Waals surface area contributed by atoms with E-state index in [0.717, 1.165) is 11.0 Å². The number of hydrogen-bond donors (Lipinski definition) is 2. The van der Waals surface area contributed by atoms with Gasteiger partial charge in [0.25, 0.3) is 17.5 Å². The highest BCUT2D eigenvalue weighted by Gasteiger charge is 2.34. The molecule has 1 fully saturated rings. The minimum atomic E-state index is -0.863. The van der Waals surface area contributed by atoms with Crippen molar-refractivity contribution in [1.29, 1.82) is 0 Å². The number of imide groups is 1. The topological polar surface area (TPSA) is 174 Å². The Hall–Kier alpha value is -5.38. The maximum Gasteiger partial charge on any atom is 0.410 e. The summed E-state index contributed by atoms with van der Waals surface area (Å²) < 4.78 is 11.2. The number of nitrogens with zero attached hydrogens (tertiary/aromatic N) is 3. The van der Waals surface area contributed by atoms with Crippen LogP contribution in [0.25, 0.3) is 0 Å². The van der Waals surface area contributed by atoms with Gasteiger partial charge in [-0.2, -0.15) is 0 Å². The van der Waals surface area contributed by atoms with Crippen LogP contribution in [0.5, 0.6) is 5.75 Å². The zero-order valence-electron chi connectivity index (χ0n) is 25.3. The Balaban J connectivity index is 1.38. The number of carbonyl (C=O) groups is 4. The van der Waals surface area contributed by atoms with Gasteiger partial charge in [0.05, 0.1) is 16.1 Å². The lowest BCUT2D eigenvalue weighted by Crippen LogP contribution is -2.41. The van der Waals surface area contributed by atoms with Crippen molar-refractivity contribution < 1.29 is 33.6 Å². The predicted octanol–water partition coefficient (Wildman–Crippen LogP) is 3.99. The zero-order chi connectivity index (χ0) is 32.7. The summed E-state index contributed by atoms with van der Waals surface area (Å²) in [5, 5.41) is 14.8. The van der Waals surface area contributed by atoms with Crippen LogP contribution in [0, 0.1) is 27.9 Å². The van der Waals surface area contributed by atoms with Crippen LogP contribution >= 0.6 is 0 Å². The predicted molar refractivity (Wildman–Crippen MR) is 165 cm³/mol. The van der Waals surface area contributed by atoms with E-state index in [2.05, 4.69) is 17.2 Å². The van der Waals surface area contributed by atoms with Gasteiger partial charge in [0.2, 0.25) is 5.91 Å². The van der Waals surface area contributed by atoms with Crippen molar-refractivity contribution in [3.05, 3.63) is 75.4 Å². The average Bonchev–Trinajstić information content (AvgIpc) is 3.23. The molecular formula is C32H35N5O8. The number of ether oxygens (including phenoxy) is 2. The number of likely N-dealkylation sites (tertiary alicyclic amines) is 1. The number of anilines is 1. The molecule has 0 atom stereocenters. The molecule has 1 saturated heterocycles. The summed E-state index contributed by atoms with van der Waals surface area (Å²) in [5.41, 5.74) is 5.01. The SMILES string of the molecule is CC(C)(C)OC(=O)N1CCC(C#CCOc2cc(C(N)=O)cc([N+](=O)[O-])c2NC/C=C/CN2C(=O)c3ccccc3C2=O)CC1. The maximum atomic E-state index is 12.6. The number of nitrogens with one attached hydrogen (secondary N) is 1. The molecule has 13 nitrogen and oxygen atoms in total. The van der Waals surface area contributed by atoms with Gasteiger partial charge in [-0.1, -0.05) is 36.1 Å². The van der Waals surface area contributed by atoms with Gasteiger partial charge < -0.3 is 25.4 Å². The molecule has 0 aliphatic carbocycles. The first-order valence-corrected chi connectivity index (χ1v) is 14.4. The average molecular weight is 618 g/mol. The van der Waals surface area contributed by atoms with Gasteiger partial charge in [-0.25, -0.2) is 4.79 Å². The molecule has 13 heteroatoms. The molecule has 2 aromatic carbocycles. The van der Waals surface area contributed by atoms with Crippen molar-refractivity contribution in [2.24, 2.45) is 11.7 Å². The number of carbonyl (C=O) groups excluding carboxylic acids is 4. The number of fused-ring (bicyclic) bond motifs is 1. The van der Waals surface area contributed by atoms with Crippen molar-refractivity contribution in [3.63, 3.8) is 0 Å². The van der Waals surface area contributed by atoms with E-state index in [4.69, 9.17) is 15.2 Å². The fourth-order valence-corrected chi connectivity index (χ4v) is 4.84. The van der Waals surface area contributed by atoms with Gasteiger partial charge in [0, 0.05) is 43.7 Å². The molecule has 0 aromatic heterocycles. The standard InChI is InChI=1S/C32H35N5O8/c1-32(2,3)45-31(41)35-16-12-21(13-17-35)9-8-18-44-26-20-22(28(33)38)19-25(37(42)43)27(26)34-14-6-7-15-36-29(39)23-10-4-5-11-24(23)30(36)40/h4-7,10-11,19-21,34H,12-18H2,1-3H3,(H2,33,38)/b7-6+. The number of amides is 4. The number of nitrogens with two attached hydrogens (primary N) is 1. The Kier molecular flexibility index (Phi) is 10.1. The van der Waals surface area contributed by atoms with Crippen LogP contribution in [0.1, 0.15) is 64.7 Å². The summed E-state index contributed by atoms with van der Waals surface area (Å²) in [7, 11) is 0. The molecule has 2 aromatic rings. The van der Waals surface area contributed by atoms with Crippen molar-refractivity contribution in [1.82, 2.24) is 9.80 Å². The molecule has 2 aliphatic heterocycles. The van der Waals surface area contributed by atoms with Crippen LogP contribution in [0.15, 0.2) is 48.6 Å². The van der Waals surface area contributed by atoms with Gasteiger partial charge in [0.15, 0.2) is 11.4 Å². The van der Waals surface area contributed by atoms with E-state index in [-0.39, 0.29) is 48.7 Å². The lowest BCUT2D eigenvalue weighted by molar-refractivity contribution is -0.384. The molecular weight excluding hydrogens is 582 g/mol. The summed E-state index contributed by atoms with van der Waals surface area (Å²) in [4.78, 5) is 63.2. The van der Waals surface area contributed by atoms with Crippen LogP contribution in [-0.2, 0) is 4.74 Å².